The number of fused-ring (bicyclic) bond motifs is 8. The Bertz CT molecular complexity index is 1050. The molecular formula is C29H37BO2. The predicted molar refractivity (Wildman–Crippen MR) is 132 cm³/mol. The van der Waals surface area contributed by atoms with Crippen LogP contribution in [0, 0.1) is 23.7 Å². The van der Waals surface area contributed by atoms with Gasteiger partial charge in [-0.15, -0.1) is 0 Å². The van der Waals surface area contributed by atoms with Crippen LogP contribution in [0.25, 0.3) is 11.1 Å². The number of hydrogen-bond acceptors (Lipinski definition) is 2. The van der Waals surface area contributed by atoms with E-state index in [1.165, 1.54) is 47.8 Å². The van der Waals surface area contributed by atoms with Crippen molar-refractivity contribution in [2.24, 2.45) is 23.7 Å². The third-order valence-electron chi connectivity index (χ3n) is 9.83. The SMILES string of the molecule is CC1CC2CC(C)C3(c4ccccc4-c4ccc(B5OC(C)(C)C(C)(C)O5)cc43)C(C1)C2. The molecule has 2 aromatic rings. The van der Waals surface area contributed by atoms with Gasteiger partial charge in [0, 0.05) is 5.41 Å². The summed E-state index contributed by atoms with van der Waals surface area (Å²) in [6, 6.07) is 16.3. The van der Waals surface area contributed by atoms with Gasteiger partial charge in [0.05, 0.1) is 11.2 Å². The van der Waals surface area contributed by atoms with Crippen molar-refractivity contribution in [1.29, 1.82) is 0 Å². The first kappa shape index (κ1) is 21.0. The standard InChI is InChI=1S/C29H37BO2/c1-18-13-20-15-19(2)29(21(14-18)16-20)25-10-8-7-9-23(25)24-12-11-22(17-26(24)29)30-31-27(3,4)28(5,6)32-30/h7-12,17-21H,13-16H2,1-6H3. The molecule has 0 amide bonds. The smallest absolute Gasteiger partial charge is 0.399 e. The summed E-state index contributed by atoms with van der Waals surface area (Å²) < 4.78 is 12.9. The largest absolute Gasteiger partial charge is 0.494 e. The Morgan fingerprint density at radius 1 is 0.781 bits per heavy atom. The Labute approximate surface area is 194 Å². The van der Waals surface area contributed by atoms with E-state index in [-0.39, 0.29) is 23.7 Å². The first-order valence-corrected chi connectivity index (χ1v) is 12.7. The fourth-order valence-corrected chi connectivity index (χ4v) is 7.86. The lowest BCUT2D eigenvalue weighted by Gasteiger charge is -2.54. The highest BCUT2D eigenvalue weighted by Gasteiger charge is 2.57. The number of hydrogen-bond donors (Lipinski definition) is 0. The minimum absolute atomic E-state index is 0.122. The van der Waals surface area contributed by atoms with Gasteiger partial charge >= 0.3 is 7.12 Å². The van der Waals surface area contributed by atoms with Gasteiger partial charge in [-0.3, -0.25) is 0 Å². The third-order valence-corrected chi connectivity index (χ3v) is 9.83. The third kappa shape index (κ3) is 2.67. The van der Waals surface area contributed by atoms with Crippen molar-refractivity contribution in [3.63, 3.8) is 0 Å². The maximum absolute atomic E-state index is 6.47. The average molecular weight is 428 g/mol. The molecule has 3 aliphatic carbocycles. The highest BCUT2D eigenvalue weighted by Crippen LogP contribution is 2.64. The Kier molecular flexibility index (Phi) is 4.42. The lowest BCUT2D eigenvalue weighted by molar-refractivity contribution is 0.00578. The van der Waals surface area contributed by atoms with Crippen molar-refractivity contribution in [2.45, 2.75) is 83.8 Å². The first-order chi connectivity index (χ1) is 15.1. The van der Waals surface area contributed by atoms with Crippen LogP contribution in [-0.2, 0) is 14.7 Å². The van der Waals surface area contributed by atoms with Gasteiger partial charge in [0.2, 0.25) is 0 Å². The van der Waals surface area contributed by atoms with Crippen molar-refractivity contribution >= 4 is 12.6 Å². The van der Waals surface area contributed by atoms with Crippen LogP contribution in [0.2, 0.25) is 0 Å². The first-order valence-electron chi connectivity index (χ1n) is 12.7. The fraction of sp³-hybridized carbons (Fsp3) is 0.586. The Morgan fingerprint density at radius 3 is 2.22 bits per heavy atom. The van der Waals surface area contributed by atoms with E-state index in [0.29, 0.717) is 5.92 Å². The molecule has 5 unspecified atom stereocenters. The van der Waals surface area contributed by atoms with Gasteiger partial charge < -0.3 is 9.31 Å². The molecule has 3 heteroatoms. The monoisotopic (exact) mass is 428 g/mol. The Hall–Kier alpha value is -1.58. The molecule has 1 heterocycles. The summed E-state index contributed by atoms with van der Waals surface area (Å²) >= 11 is 0. The van der Waals surface area contributed by atoms with Gasteiger partial charge in [0.1, 0.15) is 0 Å². The average Bonchev–Trinajstić information content (AvgIpc) is 3.14. The van der Waals surface area contributed by atoms with E-state index in [0.717, 1.165) is 17.8 Å². The van der Waals surface area contributed by atoms with Crippen LogP contribution in [0.3, 0.4) is 0 Å². The second-order valence-electron chi connectivity index (χ2n) is 12.3. The summed E-state index contributed by atoms with van der Waals surface area (Å²) in [5.74, 6) is 3.09. The molecule has 2 nitrogen and oxygen atoms in total. The molecule has 0 N–H and O–H groups in total. The van der Waals surface area contributed by atoms with E-state index in [4.69, 9.17) is 9.31 Å². The van der Waals surface area contributed by atoms with Crippen LogP contribution in [0.1, 0.15) is 78.4 Å². The molecule has 168 valence electrons. The predicted octanol–water partition coefficient (Wildman–Crippen LogP) is 6.34. The van der Waals surface area contributed by atoms with Crippen LogP contribution >= 0.6 is 0 Å². The van der Waals surface area contributed by atoms with Crippen LogP contribution in [-0.4, -0.2) is 18.3 Å². The summed E-state index contributed by atoms with van der Waals surface area (Å²) in [5, 5.41) is 0. The summed E-state index contributed by atoms with van der Waals surface area (Å²) in [6.07, 6.45) is 5.48. The summed E-state index contributed by atoms with van der Waals surface area (Å²) in [6.45, 7) is 13.6. The molecular weight excluding hydrogens is 391 g/mol. The quantitative estimate of drug-likeness (QED) is 0.493. The van der Waals surface area contributed by atoms with E-state index in [9.17, 15) is 0 Å². The minimum Gasteiger partial charge on any atom is -0.399 e. The molecule has 1 spiro atoms. The zero-order valence-electron chi connectivity index (χ0n) is 20.6. The molecule has 0 aromatic heterocycles. The topological polar surface area (TPSA) is 18.5 Å². The zero-order valence-corrected chi connectivity index (χ0v) is 20.6. The van der Waals surface area contributed by atoms with Crippen LogP contribution < -0.4 is 5.46 Å². The molecule has 1 saturated heterocycles. The van der Waals surface area contributed by atoms with Crippen molar-refractivity contribution in [2.75, 3.05) is 0 Å². The van der Waals surface area contributed by atoms with Gasteiger partial charge in [0.15, 0.2) is 0 Å². The summed E-state index contributed by atoms with van der Waals surface area (Å²) in [4.78, 5) is 0. The maximum atomic E-state index is 6.47. The van der Waals surface area contributed by atoms with E-state index in [1.807, 2.05) is 0 Å². The molecule has 32 heavy (non-hydrogen) atoms. The van der Waals surface area contributed by atoms with Gasteiger partial charge in [0.25, 0.3) is 0 Å². The molecule has 6 rings (SSSR count). The van der Waals surface area contributed by atoms with Crippen LogP contribution in [0.4, 0.5) is 0 Å². The molecule has 2 aromatic carbocycles. The zero-order chi connectivity index (χ0) is 22.5. The maximum Gasteiger partial charge on any atom is 0.494 e. The molecule has 4 aliphatic rings. The second-order valence-corrected chi connectivity index (χ2v) is 12.3. The van der Waals surface area contributed by atoms with Crippen molar-refractivity contribution in [3.8, 4) is 11.1 Å². The molecule has 3 fully saturated rings. The summed E-state index contributed by atoms with van der Waals surface area (Å²) in [7, 11) is -0.303. The minimum atomic E-state index is -0.318. The lowest BCUT2D eigenvalue weighted by atomic mass is 9.49. The van der Waals surface area contributed by atoms with Gasteiger partial charge in [-0.2, -0.15) is 0 Å². The van der Waals surface area contributed by atoms with Crippen LogP contribution in [0.5, 0.6) is 0 Å². The Morgan fingerprint density at radius 2 is 1.47 bits per heavy atom. The molecule has 0 radical (unpaired) electrons. The van der Waals surface area contributed by atoms with Crippen LogP contribution in [0.15, 0.2) is 42.5 Å². The fourth-order valence-electron chi connectivity index (χ4n) is 7.86. The normalized spacial score (nSPS) is 36.2. The van der Waals surface area contributed by atoms with E-state index in [1.54, 1.807) is 5.56 Å². The number of rotatable bonds is 1. The van der Waals surface area contributed by atoms with E-state index >= 15 is 0 Å². The second kappa shape index (κ2) is 6.73. The summed E-state index contributed by atoms with van der Waals surface area (Å²) in [5.41, 5.74) is 6.66. The molecule has 5 atom stereocenters. The van der Waals surface area contributed by atoms with Gasteiger partial charge in [-0.1, -0.05) is 56.3 Å². The van der Waals surface area contributed by atoms with Gasteiger partial charge in [-0.25, -0.2) is 0 Å². The van der Waals surface area contributed by atoms with E-state index < -0.39 is 0 Å². The molecule has 2 saturated carbocycles. The van der Waals surface area contributed by atoms with Crippen molar-refractivity contribution in [1.82, 2.24) is 0 Å². The highest BCUT2D eigenvalue weighted by atomic mass is 16.7. The van der Waals surface area contributed by atoms with E-state index in [2.05, 4.69) is 84.0 Å². The molecule has 2 bridgehead atoms. The van der Waals surface area contributed by atoms with Crippen molar-refractivity contribution < 1.29 is 9.31 Å². The Balaban J connectivity index is 1.52. The highest BCUT2D eigenvalue weighted by molar-refractivity contribution is 6.62. The van der Waals surface area contributed by atoms with Gasteiger partial charge in [-0.05, 0) is 105 Å². The molecule has 1 aliphatic heterocycles. The number of benzene rings is 2. The lowest BCUT2D eigenvalue weighted by Crippen LogP contribution is -2.49. The van der Waals surface area contributed by atoms with Crippen molar-refractivity contribution in [3.05, 3.63) is 53.6 Å².